The molecule has 2 rings (SSSR count). The summed E-state index contributed by atoms with van der Waals surface area (Å²) in [5.41, 5.74) is 0. The van der Waals surface area contributed by atoms with Crippen molar-refractivity contribution < 1.29 is 18.3 Å². The number of ether oxygens (including phenoxy) is 1. The van der Waals surface area contributed by atoms with Gasteiger partial charge in [0.05, 0.1) is 18.5 Å². The van der Waals surface area contributed by atoms with Crippen LogP contribution in [-0.2, 0) is 14.8 Å². The molecule has 1 unspecified atom stereocenters. The topological polar surface area (TPSA) is 70.1 Å². The average Bonchev–Trinajstić information content (AvgIpc) is 2.82. The van der Waals surface area contributed by atoms with E-state index in [9.17, 15) is 8.42 Å². The van der Waals surface area contributed by atoms with Crippen LogP contribution >= 0.6 is 0 Å². The van der Waals surface area contributed by atoms with E-state index in [-0.39, 0.29) is 18.5 Å². The van der Waals surface area contributed by atoms with Crippen LogP contribution in [-0.4, -0.2) is 80.5 Å². The fraction of sp³-hybridized carbons (Fsp3) is 1.00. The molecular formula is C11H22N2O4S. The van der Waals surface area contributed by atoms with Gasteiger partial charge in [-0.2, -0.15) is 4.31 Å². The summed E-state index contributed by atoms with van der Waals surface area (Å²) in [5, 5.41) is 8.84. The molecule has 106 valence electrons. The van der Waals surface area contributed by atoms with E-state index in [0.717, 1.165) is 12.8 Å². The molecule has 6 nitrogen and oxygen atoms in total. The Kier molecular flexibility index (Phi) is 4.97. The van der Waals surface area contributed by atoms with Gasteiger partial charge in [-0.1, -0.05) is 0 Å². The second-order valence-electron chi connectivity index (χ2n) is 4.88. The second kappa shape index (κ2) is 6.29. The Labute approximate surface area is 109 Å². The van der Waals surface area contributed by atoms with Crippen LogP contribution in [0, 0.1) is 0 Å². The number of nitrogens with zero attached hydrogens (tertiary/aromatic N) is 2. The van der Waals surface area contributed by atoms with Crippen molar-refractivity contribution in [3.8, 4) is 0 Å². The molecule has 0 aromatic rings. The first-order valence-corrected chi connectivity index (χ1v) is 8.15. The maximum absolute atomic E-state index is 12.2. The predicted octanol–water partition coefficient (Wildman–Crippen LogP) is -0.895. The van der Waals surface area contributed by atoms with E-state index in [2.05, 4.69) is 4.90 Å². The lowest BCUT2D eigenvalue weighted by Crippen LogP contribution is -2.50. The van der Waals surface area contributed by atoms with Gasteiger partial charge in [0.2, 0.25) is 10.0 Å². The van der Waals surface area contributed by atoms with Gasteiger partial charge in [0.25, 0.3) is 0 Å². The normalized spacial score (nSPS) is 27.7. The minimum absolute atomic E-state index is 0.118. The Morgan fingerprint density at radius 2 is 1.94 bits per heavy atom. The Balaban J connectivity index is 1.83. The summed E-state index contributed by atoms with van der Waals surface area (Å²) in [6, 6.07) is 0. The van der Waals surface area contributed by atoms with E-state index in [1.807, 2.05) is 0 Å². The van der Waals surface area contributed by atoms with E-state index < -0.39 is 10.0 Å². The molecule has 7 heteroatoms. The van der Waals surface area contributed by atoms with Gasteiger partial charge in [-0.05, 0) is 12.8 Å². The number of β-amino-alcohol motifs (C(OH)–C–C–N with tert-alkyl or cyclic N) is 1. The van der Waals surface area contributed by atoms with Gasteiger partial charge in [-0.3, -0.25) is 4.90 Å². The molecule has 1 atom stereocenters. The number of aliphatic hydroxyl groups excluding tert-OH is 1. The molecule has 2 aliphatic rings. The van der Waals surface area contributed by atoms with Crippen LogP contribution in [0.2, 0.25) is 0 Å². The number of aliphatic hydroxyl groups is 1. The van der Waals surface area contributed by atoms with Crippen LogP contribution in [0.3, 0.4) is 0 Å². The summed E-state index contributed by atoms with van der Waals surface area (Å²) in [6.45, 7) is 3.88. The van der Waals surface area contributed by atoms with Crippen LogP contribution < -0.4 is 0 Å². The molecule has 0 spiro atoms. The number of hydrogen-bond donors (Lipinski definition) is 1. The Morgan fingerprint density at radius 1 is 1.22 bits per heavy atom. The van der Waals surface area contributed by atoms with Gasteiger partial charge in [0, 0.05) is 39.3 Å². The molecule has 1 N–H and O–H groups in total. The molecule has 0 amide bonds. The summed E-state index contributed by atoms with van der Waals surface area (Å²) in [7, 11) is -3.19. The summed E-state index contributed by atoms with van der Waals surface area (Å²) in [5.74, 6) is 0.118. The Bertz CT molecular complexity index is 346. The van der Waals surface area contributed by atoms with Gasteiger partial charge < -0.3 is 9.84 Å². The van der Waals surface area contributed by atoms with E-state index >= 15 is 0 Å². The Hall–Kier alpha value is -0.210. The fourth-order valence-electron chi connectivity index (χ4n) is 2.49. The third kappa shape index (κ3) is 3.64. The third-order valence-electron chi connectivity index (χ3n) is 3.56. The van der Waals surface area contributed by atoms with Crippen molar-refractivity contribution in [1.29, 1.82) is 0 Å². The molecule has 2 saturated heterocycles. The highest BCUT2D eigenvalue weighted by molar-refractivity contribution is 7.89. The van der Waals surface area contributed by atoms with Crippen LogP contribution in [0.4, 0.5) is 0 Å². The van der Waals surface area contributed by atoms with Crippen molar-refractivity contribution in [3.63, 3.8) is 0 Å². The van der Waals surface area contributed by atoms with E-state index in [4.69, 9.17) is 9.84 Å². The van der Waals surface area contributed by atoms with Gasteiger partial charge in [0.1, 0.15) is 0 Å². The first-order valence-electron chi connectivity index (χ1n) is 6.54. The Morgan fingerprint density at radius 3 is 2.50 bits per heavy atom. The van der Waals surface area contributed by atoms with E-state index in [1.165, 1.54) is 0 Å². The van der Waals surface area contributed by atoms with Gasteiger partial charge >= 0.3 is 0 Å². The van der Waals surface area contributed by atoms with Crippen molar-refractivity contribution in [2.45, 2.75) is 18.9 Å². The summed E-state index contributed by atoms with van der Waals surface area (Å²) >= 11 is 0. The maximum atomic E-state index is 12.2. The maximum Gasteiger partial charge on any atom is 0.216 e. The van der Waals surface area contributed by atoms with Crippen molar-refractivity contribution in [2.75, 3.05) is 51.7 Å². The van der Waals surface area contributed by atoms with E-state index in [0.29, 0.717) is 39.3 Å². The predicted molar refractivity (Wildman–Crippen MR) is 67.9 cm³/mol. The molecule has 2 fully saturated rings. The first kappa shape index (κ1) is 14.2. The van der Waals surface area contributed by atoms with Crippen LogP contribution in [0.5, 0.6) is 0 Å². The zero-order valence-electron chi connectivity index (χ0n) is 10.6. The lowest BCUT2D eigenvalue weighted by Gasteiger charge is -2.33. The molecule has 0 saturated carbocycles. The minimum atomic E-state index is -3.19. The van der Waals surface area contributed by atoms with Crippen LogP contribution in [0.15, 0.2) is 0 Å². The van der Waals surface area contributed by atoms with Crippen LogP contribution in [0.25, 0.3) is 0 Å². The number of piperazine rings is 1. The van der Waals surface area contributed by atoms with Gasteiger partial charge in [0.15, 0.2) is 0 Å². The molecule has 2 heterocycles. The summed E-state index contributed by atoms with van der Waals surface area (Å²) in [6.07, 6.45) is 1.69. The largest absolute Gasteiger partial charge is 0.395 e. The SMILES string of the molecule is O=S(=O)(CC1CCCO1)N1CCN(CCO)CC1. The highest BCUT2D eigenvalue weighted by Crippen LogP contribution is 2.17. The molecule has 0 aromatic carbocycles. The molecule has 2 aliphatic heterocycles. The quantitative estimate of drug-likeness (QED) is 0.706. The highest BCUT2D eigenvalue weighted by atomic mass is 32.2. The third-order valence-corrected chi connectivity index (χ3v) is 5.51. The number of hydrogen-bond acceptors (Lipinski definition) is 5. The number of sulfonamides is 1. The summed E-state index contributed by atoms with van der Waals surface area (Å²) in [4.78, 5) is 2.08. The molecular weight excluding hydrogens is 256 g/mol. The van der Waals surface area contributed by atoms with Crippen LogP contribution in [0.1, 0.15) is 12.8 Å². The van der Waals surface area contributed by atoms with Crippen molar-refractivity contribution >= 4 is 10.0 Å². The highest BCUT2D eigenvalue weighted by Gasteiger charge is 2.30. The smallest absolute Gasteiger partial charge is 0.216 e. The zero-order chi connectivity index (χ0) is 13.0. The standard InChI is InChI=1S/C11H22N2O4S/c14-8-7-12-3-5-13(6-4-12)18(15,16)10-11-2-1-9-17-11/h11,14H,1-10H2. The second-order valence-corrected chi connectivity index (χ2v) is 6.89. The van der Waals surface area contributed by atoms with Crippen molar-refractivity contribution in [1.82, 2.24) is 9.21 Å². The van der Waals surface area contributed by atoms with Crippen molar-refractivity contribution in [2.24, 2.45) is 0 Å². The molecule has 0 radical (unpaired) electrons. The summed E-state index contributed by atoms with van der Waals surface area (Å²) < 4.78 is 31.3. The zero-order valence-corrected chi connectivity index (χ0v) is 11.4. The molecule has 0 aromatic heterocycles. The molecule has 18 heavy (non-hydrogen) atoms. The monoisotopic (exact) mass is 278 g/mol. The minimum Gasteiger partial charge on any atom is -0.395 e. The van der Waals surface area contributed by atoms with Gasteiger partial charge in [-0.25, -0.2) is 8.42 Å². The van der Waals surface area contributed by atoms with Crippen molar-refractivity contribution in [3.05, 3.63) is 0 Å². The van der Waals surface area contributed by atoms with E-state index in [1.54, 1.807) is 4.31 Å². The lowest BCUT2D eigenvalue weighted by molar-refractivity contribution is 0.124. The molecule has 0 bridgehead atoms. The van der Waals surface area contributed by atoms with Gasteiger partial charge in [-0.15, -0.1) is 0 Å². The number of rotatable bonds is 5. The lowest BCUT2D eigenvalue weighted by atomic mass is 10.3. The molecule has 0 aliphatic carbocycles. The first-order chi connectivity index (χ1) is 8.62. The fourth-order valence-corrected chi connectivity index (χ4v) is 4.15. The average molecular weight is 278 g/mol.